The number of hydrogen-bond acceptors (Lipinski definition) is 4. The Bertz CT molecular complexity index is 653. The van der Waals surface area contributed by atoms with Crippen LogP contribution in [0, 0.1) is 0 Å². The smallest absolute Gasteiger partial charge is 0.311 e. The van der Waals surface area contributed by atoms with Crippen molar-refractivity contribution in [1.29, 1.82) is 0 Å². The highest BCUT2D eigenvalue weighted by atomic mass is 35.5. The highest BCUT2D eigenvalue weighted by Gasteiger charge is 2.18. The molecule has 1 aromatic heterocycles. The number of halogens is 2. The summed E-state index contributed by atoms with van der Waals surface area (Å²) in [6, 6.07) is 8.37. The van der Waals surface area contributed by atoms with Crippen molar-refractivity contribution in [2.75, 3.05) is 5.32 Å². The van der Waals surface area contributed by atoms with Crippen molar-refractivity contribution in [3.05, 3.63) is 50.6 Å². The molecule has 0 aliphatic heterocycles. The van der Waals surface area contributed by atoms with E-state index in [1.54, 1.807) is 18.2 Å². The van der Waals surface area contributed by atoms with Gasteiger partial charge in [-0.05, 0) is 36.6 Å². The summed E-state index contributed by atoms with van der Waals surface area (Å²) in [5.41, 5.74) is 0.448. The molecule has 2 aromatic rings. The fourth-order valence-electron chi connectivity index (χ4n) is 1.72. The second-order valence-corrected chi connectivity index (χ2v) is 6.44. The fraction of sp³-hybridized carbons (Fsp3) is 0.200. The number of ether oxygens (including phenoxy) is 1. The number of nitrogens with one attached hydrogen (secondary N) is 1. The third kappa shape index (κ3) is 5.02. The summed E-state index contributed by atoms with van der Waals surface area (Å²) in [6.07, 6.45) is -0.761. The van der Waals surface area contributed by atoms with E-state index >= 15 is 0 Å². The maximum Gasteiger partial charge on any atom is 0.311 e. The minimum atomic E-state index is -0.912. The van der Waals surface area contributed by atoms with Crippen LogP contribution in [0.5, 0.6) is 0 Å². The SMILES string of the molecule is C[C@H](OC(=O)Cc1cccs1)C(=O)Nc1cc(Cl)cc(Cl)c1. The predicted molar refractivity (Wildman–Crippen MR) is 88.7 cm³/mol. The zero-order chi connectivity index (χ0) is 16.1. The molecule has 0 unspecified atom stereocenters. The first-order chi connectivity index (χ1) is 10.4. The minimum Gasteiger partial charge on any atom is -0.452 e. The van der Waals surface area contributed by atoms with E-state index in [0.717, 1.165) is 4.88 Å². The lowest BCUT2D eigenvalue weighted by Crippen LogP contribution is -2.30. The molecule has 0 saturated carbocycles. The first-order valence-electron chi connectivity index (χ1n) is 6.43. The Morgan fingerprint density at radius 1 is 1.27 bits per heavy atom. The molecule has 22 heavy (non-hydrogen) atoms. The van der Waals surface area contributed by atoms with Crippen molar-refractivity contribution in [2.45, 2.75) is 19.4 Å². The van der Waals surface area contributed by atoms with Crippen molar-refractivity contribution in [3.8, 4) is 0 Å². The molecule has 1 atom stereocenters. The molecular formula is C15H13Cl2NO3S. The molecule has 0 radical (unpaired) electrons. The second-order valence-electron chi connectivity index (χ2n) is 4.54. The van der Waals surface area contributed by atoms with E-state index in [0.29, 0.717) is 15.7 Å². The topological polar surface area (TPSA) is 55.4 Å². The molecule has 1 aromatic carbocycles. The summed E-state index contributed by atoms with van der Waals surface area (Å²) < 4.78 is 5.11. The van der Waals surface area contributed by atoms with Gasteiger partial charge in [-0.25, -0.2) is 0 Å². The van der Waals surface area contributed by atoms with Gasteiger partial charge in [0.2, 0.25) is 0 Å². The van der Waals surface area contributed by atoms with Crippen molar-refractivity contribution >= 4 is 52.1 Å². The van der Waals surface area contributed by atoms with Crippen LogP contribution in [-0.2, 0) is 20.7 Å². The summed E-state index contributed by atoms with van der Waals surface area (Å²) in [6.45, 7) is 1.51. The maximum atomic E-state index is 12.0. The molecule has 4 nitrogen and oxygen atoms in total. The van der Waals surface area contributed by atoms with Crippen LogP contribution >= 0.6 is 34.5 Å². The summed E-state index contributed by atoms with van der Waals surface area (Å²) >= 11 is 13.2. The molecule has 1 amide bonds. The van der Waals surface area contributed by atoms with E-state index in [1.807, 2.05) is 17.5 Å². The van der Waals surface area contributed by atoms with Gasteiger partial charge in [0, 0.05) is 20.6 Å². The van der Waals surface area contributed by atoms with Gasteiger partial charge in [0.1, 0.15) is 0 Å². The number of amides is 1. The van der Waals surface area contributed by atoms with Gasteiger partial charge in [-0.15, -0.1) is 11.3 Å². The number of benzene rings is 1. The van der Waals surface area contributed by atoms with Crippen LogP contribution in [-0.4, -0.2) is 18.0 Å². The lowest BCUT2D eigenvalue weighted by Gasteiger charge is -2.13. The quantitative estimate of drug-likeness (QED) is 0.817. The van der Waals surface area contributed by atoms with E-state index in [9.17, 15) is 9.59 Å². The van der Waals surface area contributed by atoms with Crippen LogP contribution in [0.2, 0.25) is 10.0 Å². The second kappa shape index (κ2) is 7.63. The first kappa shape index (κ1) is 16.8. The molecule has 0 aliphatic rings. The Morgan fingerprint density at radius 2 is 1.95 bits per heavy atom. The van der Waals surface area contributed by atoms with Crippen molar-refractivity contribution in [2.24, 2.45) is 0 Å². The molecular weight excluding hydrogens is 345 g/mol. The van der Waals surface area contributed by atoms with Crippen molar-refractivity contribution < 1.29 is 14.3 Å². The summed E-state index contributed by atoms with van der Waals surface area (Å²) in [7, 11) is 0. The van der Waals surface area contributed by atoms with Crippen LogP contribution in [0.4, 0.5) is 5.69 Å². The van der Waals surface area contributed by atoms with Gasteiger partial charge >= 0.3 is 5.97 Å². The Labute approximate surface area is 142 Å². The average molecular weight is 358 g/mol. The molecule has 7 heteroatoms. The fourth-order valence-corrected chi connectivity index (χ4v) is 2.93. The van der Waals surface area contributed by atoms with Gasteiger partial charge < -0.3 is 10.1 Å². The van der Waals surface area contributed by atoms with Gasteiger partial charge in [-0.2, -0.15) is 0 Å². The monoisotopic (exact) mass is 357 g/mol. The van der Waals surface area contributed by atoms with E-state index in [2.05, 4.69) is 5.32 Å². The lowest BCUT2D eigenvalue weighted by atomic mass is 10.3. The normalized spacial score (nSPS) is 11.8. The van der Waals surface area contributed by atoms with Crippen LogP contribution in [0.1, 0.15) is 11.8 Å². The van der Waals surface area contributed by atoms with Gasteiger partial charge in [0.05, 0.1) is 6.42 Å². The number of thiophene rings is 1. The van der Waals surface area contributed by atoms with Gasteiger partial charge in [-0.1, -0.05) is 29.3 Å². The van der Waals surface area contributed by atoms with Crippen molar-refractivity contribution in [3.63, 3.8) is 0 Å². The molecule has 1 heterocycles. The highest BCUT2D eigenvalue weighted by Crippen LogP contribution is 2.22. The Balaban J connectivity index is 1.90. The predicted octanol–water partition coefficient (Wildman–Crippen LogP) is 4.17. The molecule has 1 N–H and O–H groups in total. The number of carbonyl (C=O) groups is 2. The third-order valence-corrected chi connectivity index (χ3v) is 4.02. The first-order valence-corrected chi connectivity index (χ1v) is 8.06. The Kier molecular flexibility index (Phi) is 5.83. The van der Waals surface area contributed by atoms with Crippen LogP contribution in [0.3, 0.4) is 0 Å². The lowest BCUT2D eigenvalue weighted by molar-refractivity contribution is -0.152. The highest BCUT2D eigenvalue weighted by molar-refractivity contribution is 7.10. The molecule has 2 rings (SSSR count). The molecule has 0 saturated heterocycles. The number of anilines is 1. The Hall–Kier alpha value is -1.56. The zero-order valence-corrected chi connectivity index (χ0v) is 14.0. The number of rotatable bonds is 5. The van der Waals surface area contributed by atoms with E-state index in [1.165, 1.54) is 18.3 Å². The van der Waals surface area contributed by atoms with E-state index < -0.39 is 18.0 Å². The van der Waals surface area contributed by atoms with Gasteiger partial charge in [0.25, 0.3) is 5.91 Å². The van der Waals surface area contributed by atoms with E-state index in [-0.39, 0.29) is 6.42 Å². The summed E-state index contributed by atoms with van der Waals surface area (Å²) in [5.74, 6) is -0.896. The number of esters is 1. The third-order valence-electron chi connectivity index (χ3n) is 2.71. The molecule has 0 spiro atoms. The molecule has 0 fully saturated rings. The number of hydrogen-bond donors (Lipinski definition) is 1. The van der Waals surface area contributed by atoms with Crippen LogP contribution in [0.15, 0.2) is 35.7 Å². The van der Waals surface area contributed by atoms with Crippen LogP contribution < -0.4 is 5.32 Å². The Morgan fingerprint density at radius 3 is 2.55 bits per heavy atom. The van der Waals surface area contributed by atoms with Gasteiger partial charge in [-0.3, -0.25) is 9.59 Å². The van der Waals surface area contributed by atoms with Crippen LogP contribution in [0.25, 0.3) is 0 Å². The molecule has 0 bridgehead atoms. The van der Waals surface area contributed by atoms with Gasteiger partial charge in [0.15, 0.2) is 6.10 Å². The summed E-state index contributed by atoms with van der Waals surface area (Å²) in [4.78, 5) is 24.6. The average Bonchev–Trinajstić information content (AvgIpc) is 2.89. The molecule has 116 valence electrons. The largest absolute Gasteiger partial charge is 0.452 e. The summed E-state index contributed by atoms with van der Waals surface area (Å²) in [5, 5.41) is 5.30. The number of carbonyl (C=O) groups excluding carboxylic acids is 2. The minimum absolute atomic E-state index is 0.151. The molecule has 0 aliphatic carbocycles. The maximum absolute atomic E-state index is 12.0. The van der Waals surface area contributed by atoms with E-state index in [4.69, 9.17) is 27.9 Å². The van der Waals surface area contributed by atoms with Crippen molar-refractivity contribution in [1.82, 2.24) is 0 Å². The zero-order valence-electron chi connectivity index (χ0n) is 11.6. The standard InChI is InChI=1S/C15H13Cl2NO3S/c1-9(21-14(19)8-13-3-2-4-22-13)15(20)18-12-6-10(16)5-11(17)7-12/h2-7,9H,8H2,1H3,(H,18,20)/t9-/m0/s1.